The van der Waals surface area contributed by atoms with Gasteiger partial charge in [-0.05, 0) is 122 Å². The Kier molecular flexibility index (Phi) is 9.48. The van der Waals surface area contributed by atoms with Crippen LogP contribution in [-0.2, 0) is 5.41 Å². The quantitative estimate of drug-likeness (QED) is 0.151. The molecule has 0 fully saturated rings. The number of fused-ring (bicyclic) bond motifs is 10. The van der Waals surface area contributed by atoms with Gasteiger partial charge in [-0.15, -0.1) is 0 Å². The van der Waals surface area contributed by atoms with Gasteiger partial charge in [0.2, 0.25) is 0 Å². The van der Waals surface area contributed by atoms with Gasteiger partial charge in [0.15, 0.2) is 0 Å². The molecule has 12 aromatic carbocycles. The number of nitrogens with zero attached hydrogens (tertiary/aromatic N) is 2. The molecule has 2 heterocycles. The molecule has 3 nitrogen and oxygen atoms in total. The van der Waals surface area contributed by atoms with Gasteiger partial charge in [0, 0.05) is 38.8 Å². The van der Waals surface area contributed by atoms with Crippen molar-refractivity contribution in [2.24, 2.45) is 0 Å². The molecule has 0 saturated carbocycles. The van der Waals surface area contributed by atoms with Crippen LogP contribution in [0.25, 0.3) is 93.6 Å². The van der Waals surface area contributed by atoms with E-state index < -0.39 is 5.41 Å². The van der Waals surface area contributed by atoms with Gasteiger partial charge in [0.1, 0.15) is 11.2 Å². The van der Waals surface area contributed by atoms with Crippen LogP contribution in [-0.4, -0.2) is 4.57 Å². The van der Waals surface area contributed by atoms with E-state index in [1.807, 2.05) is 0 Å². The third-order valence-electron chi connectivity index (χ3n) is 15.6. The minimum atomic E-state index is -0.607. The molecule has 0 spiro atoms. The molecular formula is C71H46N2O. The van der Waals surface area contributed by atoms with Crippen LogP contribution in [0.5, 0.6) is 0 Å². The molecule has 346 valence electrons. The van der Waals surface area contributed by atoms with E-state index >= 15 is 0 Å². The van der Waals surface area contributed by atoms with E-state index in [0.717, 1.165) is 77.6 Å². The van der Waals surface area contributed by atoms with Crippen molar-refractivity contribution < 1.29 is 4.42 Å². The molecule has 0 unspecified atom stereocenters. The summed E-state index contributed by atoms with van der Waals surface area (Å²) in [5.74, 6) is 0. The number of hydrogen-bond donors (Lipinski definition) is 0. The average molecular weight is 943 g/mol. The smallest absolute Gasteiger partial charge is 0.143 e. The topological polar surface area (TPSA) is 21.3 Å². The maximum Gasteiger partial charge on any atom is 0.143 e. The van der Waals surface area contributed by atoms with Crippen molar-refractivity contribution in [1.82, 2.24) is 4.57 Å². The summed E-state index contributed by atoms with van der Waals surface area (Å²) in [6, 6.07) is 102. The summed E-state index contributed by atoms with van der Waals surface area (Å²) in [6.07, 6.45) is 0. The zero-order valence-corrected chi connectivity index (χ0v) is 40.4. The maximum atomic E-state index is 7.42. The minimum absolute atomic E-state index is 0.607. The van der Waals surface area contributed by atoms with Crippen LogP contribution in [0.3, 0.4) is 0 Å². The molecule has 0 atom stereocenters. The van der Waals surface area contributed by atoms with Crippen LogP contribution in [0.4, 0.5) is 17.1 Å². The zero-order valence-electron chi connectivity index (χ0n) is 40.4. The van der Waals surface area contributed by atoms with Gasteiger partial charge in [-0.2, -0.15) is 0 Å². The Labute approximate surface area is 429 Å². The van der Waals surface area contributed by atoms with Gasteiger partial charge >= 0.3 is 0 Å². The lowest BCUT2D eigenvalue weighted by molar-refractivity contribution is 0.670. The summed E-state index contributed by atoms with van der Waals surface area (Å²) >= 11 is 0. The first-order chi connectivity index (χ1) is 36.7. The second-order valence-electron chi connectivity index (χ2n) is 19.5. The fourth-order valence-corrected chi connectivity index (χ4v) is 12.6. The van der Waals surface area contributed by atoms with E-state index in [1.54, 1.807) is 0 Å². The van der Waals surface area contributed by atoms with E-state index in [0.29, 0.717) is 0 Å². The first-order valence-corrected chi connectivity index (χ1v) is 25.5. The molecule has 1 aliphatic rings. The maximum absolute atomic E-state index is 7.42. The van der Waals surface area contributed by atoms with Crippen molar-refractivity contribution in [2.75, 3.05) is 4.90 Å². The van der Waals surface area contributed by atoms with E-state index in [-0.39, 0.29) is 0 Å². The normalized spacial score (nSPS) is 12.7. The van der Waals surface area contributed by atoms with Crippen LogP contribution in [0.1, 0.15) is 22.3 Å². The molecule has 14 aromatic rings. The summed E-state index contributed by atoms with van der Waals surface area (Å²) in [6.45, 7) is 0. The Morgan fingerprint density at radius 3 is 1.70 bits per heavy atom. The Bertz CT molecular complexity index is 4420. The molecule has 0 bridgehead atoms. The highest BCUT2D eigenvalue weighted by atomic mass is 16.3. The van der Waals surface area contributed by atoms with Gasteiger partial charge in [-0.25, -0.2) is 0 Å². The Morgan fingerprint density at radius 1 is 0.365 bits per heavy atom. The number of para-hydroxylation sites is 2. The fraction of sp³-hybridized carbons (Fsp3) is 0.0141. The summed E-state index contributed by atoms with van der Waals surface area (Å²) < 4.78 is 9.89. The molecule has 3 heteroatoms. The van der Waals surface area contributed by atoms with Crippen LogP contribution >= 0.6 is 0 Å². The molecule has 0 aliphatic heterocycles. The van der Waals surface area contributed by atoms with Crippen molar-refractivity contribution in [3.63, 3.8) is 0 Å². The highest BCUT2D eigenvalue weighted by Gasteiger charge is 2.48. The Balaban J connectivity index is 0.995. The lowest BCUT2D eigenvalue weighted by Gasteiger charge is -2.35. The number of hydrogen-bond acceptors (Lipinski definition) is 2. The third kappa shape index (κ3) is 6.20. The Morgan fingerprint density at radius 2 is 0.932 bits per heavy atom. The van der Waals surface area contributed by atoms with E-state index in [2.05, 4.69) is 289 Å². The molecule has 0 N–H and O–H groups in total. The van der Waals surface area contributed by atoms with Crippen LogP contribution in [0.15, 0.2) is 283 Å². The van der Waals surface area contributed by atoms with E-state index in [4.69, 9.17) is 4.42 Å². The van der Waals surface area contributed by atoms with Gasteiger partial charge in [0.25, 0.3) is 0 Å². The lowest BCUT2D eigenvalue weighted by atomic mass is 9.66. The zero-order chi connectivity index (χ0) is 48.7. The molecule has 2 aromatic heterocycles. The number of rotatable bonds is 8. The highest BCUT2D eigenvalue weighted by molar-refractivity contribution is 6.22. The standard InChI is InChI=1S/C71H46N2O/c1-5-21-47(22-6-1)48-39-41-53(42-40-48)72(52-28-11-4-12-29-52)54-43-44-58-57-32-16-18-36-63(57)73(65(58)46-54)64-37-20-38-66-68(64)61-45-49-23-13-14-30-55(49)67(70(61)74-66)60-34-19-33-59-56-31-15-17-35-62(56)71(69(59)60,50-24-7-2-8-25-50)51-26-9-3-10-27-51/h1-46H. The van der Waals surface area contributed by atoms with Gasteiger partial charge in [-0.1, -0.05) is 218 Å². The molecule has 0 saturated heterocycles. The third-order valence-corrected chi connectivity index (χ3v) is 15.6. The molecule has 0 amide bonds. The number of aromatic nitrogens is 1. The summed E-state index contributed by atoms with van der Waals surface area (Å²) in [5, 5.41) is 6.85. The first kappa shape index (κ1) is 42.0. The van der Waals surface area contributed by atoms with Gasteiger partial charge in [-0.3, -0.25) is 0 Å². The number of anilines is 3. The fourth-order valence-electron chi connectivity index (χ4n) is 12.6. The Hall–Kier alpha value is -9.70. The number of benzene rings is 12. The van der Waals surface area contributed by atoms with Crippen molar-refractivity contribution in [1.29, 1.82) is 0 Å². The monoisotopic (exact) mass is 942 g/mol. The molecular weight excluding hydrogens is 897 g/mol. The molecule has 15 rings (SSSR count). The second-order valence-corrected chi connectivity index (χ2v) is 19.5. The SMILES string of the molecule is c1ccc(-c2ccc(N(c3ccccc3)c3ccc4c5ccccc5n(-c5cccc6oc7c(-c8cccc9c8C(c8ccccc8)(c8ccccc8)c8ccccc8-9)c8ccccc8cc7c56)c4c3)cc2)cc1. The molecule has 1 aliphatic carbocycles. The van der Waals surface area contributed by atoms with Crippen molar-refractivity contribution in [3.8, 4) is 39.1 Å². The van der Waals surface area contributed by atoms with Crippen LogP contribution in [0, 0.1) is 0 Å². The van der Waals surface area contributed by atoms with E-state index in [1.165, 1.54) is 55.3 Å². The predicted octanol–water partition coefficient (Wildman–Crippen LogP) is 19.0. The number of furan rings is 1. The lowest BCUT2D eigenvalue weighted by Crippen LogP contribution is -2.29. The molecule has 74 heavy (non-hydrogen) atoms. The average Bonchev–Trinajstić information content (AvgIpc) is 4.17. The van der Waals surface area contributed by atoms with Crippen molar-refractivity contribution in [3.05, 3.63) is 301 Å². The van der Waals surface area contributed by atoms with Gasteiger partial charge < -0.3 is 13.9 Å². The van der Waals surface area contributed by atoms with E-state index in [9.17, 15) is 0 Å². The second kappa shape index (κ2) is 16.7. The summed E-state index contributed by atoms with van der Waals surface area (Å²) in [5.41, 5.74) is 19.8. The van der Waals surface area contributed by atoms with Gasteiger partial charge in [0.05, 0.1) is 27.5 Å². The molecule has 0 radical (unpaired) electrons. The highest BCUT2D eigenvalue weighted by Crippen LogP contribution is 2.60. The summed E-state index contributed by atoms with van der Waals surface area (Å²) in [7, 11) is 0. The largest absolute Gasteiger partial charge is 0.455 e. The first-order valence-electron chi connectivity index (χ1n) is 25.5. The minimum Gasteiger partial charge on any atom is -0.455 e. The van der Waals surface area contributed by atoms with Crippen molar-refractivity contribution >= 4 is 71.6 Å². The summed E-state index contributed by atoms with van der Waals surface area (Å²) in [4.78, 5) is 2.37. The predicted molar refractivity (Wildman–Crippen MR) is 308 cm³/mol. The van der Waals surface area contributed by atoms with Crippen LogP contribution < -0.4 is 4.90 Å². The van der Waals surface area contributed by atoms with Crippen molar-refractivity contribution in [2.45, 2.75) is 5.41 Å². The van der Waals surface area contributed by atoms with Crippen LogP contribution in [0.2, 0.25) is 0 Å².